The van der Waals surface area contributed by atoms with Gasteiger partial charge in [-0.25, -0.2) is 0 Å². The van der Waals surface area contributed by atoms with Gasteiger partial charge in [-0.05, 0) is 58.7 Å². The van der Waals surface area contributed by atoms with E-state index in [2.05, 4.69) is 5.32 Å². The van der Waals surface area contributed by atoms with Crippen molar-refractivity contribution in [2.45, 2.75) is 70.6 Å². The molecule has 5 nitrogen and oxygen atoms in total. The van der Waals surface area contributed by atoms with Gasteiger partial charge in [0.1, 0.15) is 5.75 Å². The molecule has 1 aromatic rings. The summed E-state index contributed by atoms with van der Waals surface area (Å²) in [6.45, 7) is 8.04. The maximum Gasteiger partial charge on any atom is 0.498 e. The van der Waals surface area contributed by atoms with E-state index in [-0.39, 0.29) is 11.9 Å². The number of carbonyl (C=O) groups is 1. The molecule has 25 heavy (non-hydrogen) atoms. The molecule has 1 aliphatic heterocycles. The van der Waals surface area contributed by atoms with Gasteiger partial charge in [-0.3, -0.25) is 4.79 Å². The zero-order valence-corrected chi connectivity index (χ0v) is 15.8. The first-order valence-electron chi connectivity index (χ1n) is 9.08. The lowest BCUT2D eigenvalue weighted by atomic mass is 9.77. The minimum absolute atomic E-state index is 0.0488. The molecule has 2 fully saturated rings. The van der Waals surface area contributed by atoms with Crippen molar-refractivity contribution in [3.05, 3.63) is 23.8 Å². The Morgan fingerprint density at radius 3 is 2.32 bits per heavy atom. The number of ether oxygens (including phenoxy) is 1. The van der Waals surface area contributed by atoms with E-state index in [1.165, 1.54) is 12.8 Å². The molecule has 1 aliphatic carbocycles. The second-order valence-corrected chi connectivity index (χ2v) is 8.00. The molecule has 1 saturated heterocycles. The van der Waals surface area contributed by atoms with E-state index in [0.29, 0.717) is 11.3 Å². The van der Waals surface area contributed by atoms with Crippen molar-refractivity contribution in [3.63, 3.8) is 0 Å². The van der Waals surface area contributed by atoms with Crippen LogP contribution in [0.15, 0.2) is 18.2 Å². The maximum absolute atomic E-state index is 12.6. The van der Waals surface area contributed by atoms with Gasteiger partial charge >= 0.3 is 7.12 Å². The molecule has 136 valence electrons. The van der Waals surface area contributed by atoms with Gasteiger partial charge in [0.15, 0.2) is 0 Å². The van der Waals surface area contributed by atoms with Gasteiger partial charge in [-0.1, -0.05) is 12.8 Å². The summed E-state index contributed by atoms with van der Waals surface area (Å²) in [6.07, 6.45) is 4.50. The van der Waals surface area contributed by atoms with Crippen LogP contribution in [0.3, 0.4) is 0 Å². The second kappa shape index (κ2) is 6.65. The third-order valence-corrected chi connectivity index (χ3v) is 5.69. The minimum Gasteiger partial charge on any atom is -0.497 e. The predicted molar refractivity (Wildman–Crippen MR) is 98.4 cm³/mol. The average Bonchev–Trinajstić information content (AvgIpc) is 3.12. The molecular weight excluding hydrogens is 317 g/mol. The fourth-order valence-corrected chi connectivity index (χ4v) is 3.37. The van der Waals surface area contributed by atoms with Crippen molar-refractivity contribution >= 4 is 18.5 Å². The van der Waals surface area contributed by atoms with Crippen LogP contribution in [-0.4, -0.2) is 37.4 Å². The lowest BCUT2D eigenvalue weighted by Crippen LogP contribution is -2.41. The van der Waals surface area contributed by atoms with Crippen LogP contribution in [0.2, 0.25) is 0 Å². The van der Waals surface area contributed by atoms with E-state index in [1.54, 1.807) is 13.2 Å². The zero-order valence-electron chi connectivity index (χ0n) is 15.8. The highest BCUT2D eigenvalue weighted by atomic mass is 16.7. The molecule has 0 radical (unpaired) electrons. The Morgan fingerprint density at radius 2 is 1.76 bits per heavy atom. The third-order valence-electron chi connectivity index (χ3n) is 5.69. The summed E-state index contributed by atoms with van der Waals surface area (Å²) < 4.78 is 17.7. The normalized spacial score (nSPS) is 22.2. The van der Waals surface area contributed by atoms with Crippen LogP contribution in [0.5, 0.6) is 5.75 Å². The van der Waals surface area contributed by atoms with Crippen molar-refractivity contribution in [2.24, 2.45) is 0 Å². The quantitative estimate of drug-likeness (QED) is 0.853. The van der Waals surface area contributed by atoms with Gasteiger partial charge in [0, 0.05) is 17.1 Å². The third kappa shape index (κ3) is 3.56. The molecule has 0 atom stereocenters. The second-order valence-electron chi connectivity index (χ2n) is 8.00. The average molecular weight is 345 g/mol. The molecule has 0 aromatic heterocycles. The molecule has 1 N–H and O–H groups in total. The van der Waals surface area contributed by atoms with Crippen LogP contribution in [0.25, 0.3) is 0 Å². The van der Waals surface area contributed by atoms with Gasteiger partial charge in [-0.15, -0.1) is 0 Å². The molecule has 0 bridgehead atoms. The number of rotatable bonds is 4. The Balaban J connectivity index is 1.84. The number of hydrogen-bond acceptors (Lipinski definition) is 4. The summed E-state index contributed by atoms with van der Waals surface area (Å²) in [4.78, 5) is 12.6. The Labute approximate surface area is 150 Å². The zero-order chi connectivity index (χ0) is 18.2. The Bertz CT molecular complexity index is 637. The van der Waals surface area contributed by atoms with Crippen molar-refractivity contribution < 1.29 is 18.8 Å². The Morgan fingerprint density at radius 1 is 1.16 bits per heavy atom. The van der Waals surface area contributed by atoms with Crippen molar-refractivity contribution in [1.82, 2.24) is 5.32 Å². The van der Waals surface area contributed by atoms with E-state index in [0.717, 1.165) is 18.3 Å². The Hall–Kier alpha value is -1.53. The maximum atomic E-state index is 12.6. The number of amides is 1. The first-order chi connectivity index (χ1) is 11.7. The number of hydrogen-bond donors (Lipinski definition) is 1. The highest BCUT2D eigenvalue weighted by Crippen LogP contribution is 2.37. The summed E-state index contributed by atoms with van der Waals surface area (Å²) in [5.74, 6) is 0.614. The highest BCUT2D eigenvalue weighted by Gasteiger charge is 2.52. The van der Waals surface area contributed by atoms with Crippen LogP contribution in [-0.2, 0) is 9.31 Å². The summed E-state index contributed by atoms with van der Waals surface area (Å²) in [5, 5.41) is 3.12. The van der Waals surface area contributed by atoms with Crippen molar-refractivity contribution in [3.8, 4) is 5.75 Å². The van der Waals surface area contributed by atoms with Gasteiger partial charge in [0.25, 0.3) is 5.91 Å². The lowest BCUT2D eigenvalue weighted by molar-refractivity contribution is 0.00578. The fourth-order valence-electron chi connectivity index (χ4n) is 3.37. The van der Waals surface area contributed by atoms with E-state index >= 15 is 0 Å². The van der Waals surface area contributed by atoms with Crippen molar-refractivity contribution in [2.75, 3.05) is 7.11 Å². The smallest absolute Gasteiger partial charge is 0.497 e. The molecular formula is C19H28BNO4. The lowest BCUT2D eigenvalue weighted by Gasteiger charge is -2.32. The summed E-state index contributed by atoms with van der Waals surface area (Å²) in [6, 6.07) is 5.71. The highest BCUT2D eigenvalue weighted by molar-refractivity contribution is 6.63. The number of benzene rings is 1. The number of methoxy groups -OCH3 is 1. The number of nitrogens with one attached hydrogen (secondary N) is 1. The molecule has 0 spiro atoms. The Kier molecular flexibility index (Phi) is 4.86. The van der Waals surface area contributed by atoms with Gasteiger partial charge in [0.05, 0.1) is 18.3 Å². The number of carbonyl (C=O) groups excluding carboxylic acids is 1. The van der Waals surface area contributed by atoms with Gasteiger partial charge in [0.2, 0.25) is 0 Å². The van der Waals surface area contributed by atoms with Crippen LogP contribution in [0, 0.1) is 0 Å². The molecule has 1 heterocycles. The van der Waals surface area contributed by atoms with E-state index in [1.807, 2.05) is 39.8 Å². The largest absolute Gasteiger partial charge is 0.498 e. The molecule has 1 saturated carbocycles. The predicted octanol–water partition coefficient (Wildman–Crippen LogP) is 2.67. The molecule has 1 amide bonds. The molecule has 1 aromatic carbocycles. The molecule has 3 rings (SSSR count). The first-order valence-corrected chi connectivity index (χ1v) is 9.08. The standard InChI is InChI=1S/C19H28BNO4/c1-18(2)19(3,4)25-20(24-18)15-12-13(10-11-16(15)23-5)17(22)21-14-8-6-7-9-14/h10-12,14H,6-9H2,1-5H3,(H,21,22). The summed E-state index contributed by atoms with van der Waals surface area (Å²) >= 11 is 0. The molecule has 0 unspecified atom stereocenters. The molecule has 2 aliphatic rings. The topological polar surface area (TPSA) is 56.8 Å². The minimum atomic E-state index is -0.556. The van der Waals surface area contributed by atoms with Crippen LogP contribution in [0.4, 0.5) is 0 Å². The summed E-state index contributed by atoms with van der Waals surface area (Å²) in [7, 11) is 1.06. The van der Waals surface area contributed by atoms with Gasteiger partial charge < -0.3 is 19.4 Å². The van der Waals surface area contributed by atoms with Crippen LogP contribution >= 0.6 is 0 Å². The van der Waals surface area contributed by atoms with Gasteiger partial charge in [-0.2, -0.15) is 0 Å². The van der Waals surface area contributed by atoms with E-state index < -0.39 is 18.3 Å². The van der Waals surface area contributed by atoms with E-state index in [4.69, 9.17) is 14.0 Å². The van der Waals surface area contributed by atoms with Crippen LogP contribution in [0.1, 0.15) is 63.7 Å². The van der Waals surface area contributed by atoms with E-state index in [9.17, 15) is 4.79 Å². The fraction of sp³-hybridized carbons (Fsp3) is 0.632. The van der Waals surface area contributed by atoms with Crippen LogP contribution < -0.4 is 15.5 Å². The molecule has 6 heteroatoms. The SMILES string of the molecule is COc1ccc(C(=O)NC2CCCC2)cc1B1OC(C)(C)C(C)(C)O1. The van der Waals surface area contributed by atoms with Crippen molar-refractivity contribution in [1.29, 1.82) is 0 Å². The first kappa shape index (κ1) is 18.3. The monoisotopic (exact) mass is 345 g/mol. The summed E-state index contributed by atoms with van der Waals surface area (Å²) in [5.41, 5.74) is 0.480.